The fraction of sp³-hybridized carbons (Fsp3) is 0.297. The number of pyridine rings is 1. The van der Waals surface area contributed by atoms with Crippen molar-refractivity contribution in [2.45, 2.75) is 45.1 Å². The number of amides is 3. The molecule has 6 rings (SSSR count). The Morgan fingerprint density at radius 3 is 2.45 bits per heavy atom. The number of allylic oxidation sites excluding steroid dienone is 1. The van der Waals surface area contributed by atoms with E-state index in [0.717, 1.165) is 30.4 Å². The van der Waals surface area contributed by atoms with Gasteiger partial charge in [0.15, 0.2) is 0 Å². The number of carbonyl (C=O) groups is 4. The van der Waals surface area contributed by atoms with Crippen molar-refractivity contribution in [1.29, 1.82) is 5.26 Å². The van der Waals surface area contributed by atoms with Gasteiger partial charge < -0.3 is 30.2 Å². The lowest BCUT2D eigenvalue weighted by Crippen LogP contribution is -2.49. The van der Waals surface area contributed by atoms with E-state index in [2.05, 4.69) is 20.9 Å². The molecule has 49 heavy (non-hydrogen) atoms. The number of carbonyl (C=O) groups excluding carboxylic acids is 4. The van der Waals surface area contributed by atoms with Crippen molar-refractivity contribution >= 4 is 45.8 Å². The van der Waals surface area contributed by atoms with Gasteiger partial charge in [0.05, 0.1) is 6.54 Å². The molecule has 2 aromatic heterocycles. The van der Waals surface area contributed by atoms with Crippen LogP contribution < -0.4 is 16.0 Å². The van der Waals surface area contributed by atoms with E-state index in [4.69, 9.17) is 4.42 Å². The Morgan fingerprint density at radius 2 is 1.67 bits per heavy atom. The van der Waals surface area contributed by atoms with Crippen molar-refractivity contribution < 1.29 is 23.6 Å². The minimum Gasteiger partial charge on any atom is -0.461 e. The molecule has 0 saturated carbocycles. The van der Waals surface area contributed by atoms with Gasteiger partial charge >= 0.3 is 0 Å². The number of rotatable bonds is 10. The fourth-order valence-corrected chi connectivity index (χ4v) is 6.17. The molecule has 0 bridgehead atoms. The van der Waals surface area contributed by atoms with Crippen LogP contribution in [0.5, 0.6) is 0 Å². The number of aryl methyl sites for hydroxylation is 1. The van der Waals surface area contributed by atoms with Gasteiger partial charge in [0.1, 0.15) is 34.8 Å². The summed E-state index contributed by atoms with van der Waals surface area (Å²) in [5, 5.41) is 20.4. The highest BCUT2D eigenvalue weighted by molar-refractivity contribution is 6.14. The van der Waals surface area contributed by atoms with E-state index in [1.54, 1.807) is 58.6 Å². The lowest BCUT2D eigenvalue weighted by atomic mass is 10.0. The van der Waals surface area contributed by atoms with Crippen LogP contribution in [-0.2, 0) is 9.59 Å². The summed E-state index contributed by atoms with van der Waals surface area (Å²) in [6, 6.07) is 17.9. The largest absolute Gasteiger partial charge is 0.461 e. The lowest BCUT2D eigenvalue weighted by molar-refractivity contribution is -0.140. The number of aromatic nitrogens is 1. The number of furan rings is 1. The second-order valence-corrected chi connectivity index (χ2v) is 12.2. The molecule has 250 valence electrons. The Bertz CT molecular complexity index is 1960. The monoisotopic (exact) mass is 659 g/mol. The zero-order valence-electron chi connectivity index (χ0n) is 27.2. The first-order valence-electron chi connectivity index (χ1n) is 16.4. The number of ketones is 1. The standard InChI is InChI=1S/C37H37N7O5/c1-24-19-27-21-29(10-11-32(27)49-24)40-35(42-31-9-2-3-18-44(37(31)48)23-33(45)43-16-4-5-17-43)30(22-38)34(46)25-7-6-8-26(20-25)36(47)41-28-12-14-39-15-13-28/h6-8,10-15,19-21,31,40,42H,2-5,9,16-18,23H2,1H3,(H,39,41,47)/t31-/m0/s1. The Labute approximate surface area is 283 Å². The van der Waals surface area contributed by atoms with Crippen molar-refractivity contribution in [3.05, 3.63) is 101 Å². The van der Waals surface area contributed by atoms with Gasteiger partial charge in [0, 0.05) is 59.9 Å². The molecule has 0 spiro atoms. The van der Waals surface area contributed by atoms with Crippen molar-refractivity contribution in [2.75, 3.05) is 36.8 Å². The molecule has 2 aliphatic heterocycles. The molecular formula is C37H37N7O5. The van der Waals surface area contributed by atoms with E-state index in [-0.39, 0.29) is 40.9 Å². The number of hydrogen-bond acceptors (Lipinski definition) is 9. The number of nitrogens with one attached hydrogen (secondary N) is 3. The van der Waals surface area contributed by atoms with Crippen molar-refractivity contribution in [2.24, 2.45) is 0 Å². The maximum Gasteiger partial charge on any atom is 0.255 e. The van der Waals surface area contributed by atoms with Gasteiger partial charge in [-0.25, -0.2) is 0 Å². The molecule has 3 amide bonds. The van der Waals surface area contributed by atoms with Crippen LogP contribution in [0.2, 0.25) is 0 Å². The lowest BCUT2D eigenvalue weighted by Gasteiger charge is -2.28. The summed E-state index contributed by atoms with van der Waals surface area (Å²) in [4.78, 5) is 61.3. The first kappa shape index (κ1) is 33.0. The summed E-state index contributed by atoms with van der Waals surface area (Å²) < 4.78 is 5.71. The third-order valence-electron chi connectivity index (χ3n) is 8.71. The Kier molecular flexibility index (Phi) is 9.99. The highest BCUT2D eigenvalue weighted by Crippen LogP contribution is 2.25. The molecule has 2 aliphatic rings. The fourth-order valence-electron chi connectivity index (χ4n) is 6.17. The molecular weight excluding hydrogens is 622 g/mol. The predicted molar refractivity (Wildman–Crippen MR) is 183 cm³/mol. The molecule has 2 aromatic carbocycles. The number of nitriles is 1. The van der Waals surface area contributed by atoms with Gasteiger partial charge in [-0.3, -0.25) is 24.2 Å². The van der Waals surface area contributed by atoms with Crippen LogP contribution in [0.15, 0.2) is 88.9 Å². The van der Waals surface area contributed by atoms with E-state index >= 15 is 0 Å². The number of anilines is 2. The molecule has 3 N–H and O–H groups in total. The Morgan fingerprint density at radius 1 is 0.918 bits per heavy atom. The summed E-state index contributed by atoms with van der Waals surface area (Å²) in [7, 11) is 0. The SMILES string of the molecule is Cc1cc2cc(NC(N[C@H]3CCCCN(CC(=O)N4CCCC4)C3=O)=C(C#N)C(=O)c3cccc(C(=O)Nc4ccncc4)c3)ccc2o1. The minimum absolute atomic E-state index is 0.0155. The average Bonchev–Trinajstić information content (AvgIpc) is 3.75. The van der Waals surface area contributed by atoms with Gasteiger partial charge in [-0.1, -0.05) is 12.1 Å². The first-order valence-corrected chi connectivity index (χ1v) is 16.4. The summed E-state index contributed by atoms with van der Waals surface area (Å²) in [6.07, 6.45) is 6.88. The third-order valence-corrected chi connectivity index (χ3v) is 8.71. The molecule has 0 aliphatic carbocycles. The molecule has 0 radical (unpaired) electrons. The number of fused-ring (bicyclic) bond motifs is 1. The van der Waals surface area contributed by atoms with E-state index < -0.39 is 17.7 Å². The van der Waals surface area contributed by atoms with Gasteiger partial charge in [-0.2, -0.15) is 5.26 Å². The zero-order valence-corrected chi connectivity index (χ0v) is 27.2. The highest BCUT2D eigenvalue weighted by atomic mass is 16.3. The van der Waals surface area contributed by atoms with Crippen LogP contribution in [0.25, 0.3) is 11.0 Å². The van der Waals surface area contributed by atoms with Crippen LogP contribution in [0.1, 0.15) is 58.6 Å². The van der Waals surface area contributed by atoms with Crippen LogP contribution in [0, 0.1) is 18.3 Å². The average molecular weight is 660 g/mol. The van der Waals surface area contributed by atoms with Crippen LogP contribution >= 0.6 is 0 Å². The minimum atomic E-state index is -0.801. The smallest absolute Gasteiger partial charge is 0.255 e. The predicted octanol–water partition coefficient (Wildman–Crippen LogP) is 5.01. The summed E-state index contributed by atoms with van der Waals surface area (Å²) in [6.45, 7) is 3.66. The zero-order chi connectivity index (χ0) is 34.3. The van der Waals surface area contributed by atoms with Crippen molar-refractivity contribution in [1.82, 2.24) is 20.1 Å². The second kappa shape index (κ2) is 14.9. The number of likely N-dealkylation sites (tertiary alicyclic amines) is 2. The number of benzene rings is 2. The number of Topliss-reactive ketones (excluding diaryl/α,β-unsaturated/α-hetero) is 1. The van der Waals surface area contributed by atoms with E-state index in [0.29, 0.717) is 49.4 Å². The van der Waals surface area contributed by atoms with E-state index in [1.165, 1.54) is 12.1 Å². The summed E-state index contributed by atoms with van der Waals surface area (Å²) >= 11 is 0. The second-order valence-electron chi connectivity index (χ2n) is 12.2. The topological polar surface area (TPSA) is 161 Å². The van der Waals surface area contributed by atoms with Gasteiger partial charge in [-0.15, -0.1) is 0 Å². The van der Waals surface area contributed by atoms with E-state index in [1.807, 2.05) is 25.1 Å². The summed E-state index contributed by atoms with van der Waals surface area (Å²) in [5.41, 5.74) is 1.85. The van der Waals surface area contributed by atoms with Gasteiger partial charge in [0.2, 0.25) is 17.6 Å². The third kappa shape index (κ3) is 7.79. The molecule has 12 heteroatoms. The van der Waals surface area contributed by atoms with Crippen molar-refractivity contribution in [3.8, 4) is 6.07 Å². The van der Waals surface area contributed by atoms with Gasteiger partial charge in [0.25, 0.3) is 5.91 Å². The molecule has 2 fully saturated rings. The maximum absolute atomic E-state index is 14.0. The number of hydrogen-bond donors (Lipinski definition) is 3. The van der Waals surface area contributed by atoms with E-state index in [9.17, 15) is 24.4 Å². The normalized spacial score (nSPS) is 16.8. The molecule has 4 aromatic rings. The molecule has 2 saturated heterocycles. The number of nitrogens with zero attached hydrogens (tertiary/aromatic N) is 4. The Balaban J connectivity index is 1.31. The quantitative estimate of drug-likeness (QED) is 0.121. The molecule has 0 unspecified atom stereocenters. The van der Waals surface area contributed by atoms with Crippen LogP contribution in [0.3, 0.4) is 0 Å². The maximum atomic E-state index is 14.0. The summed E-state index contributed by atoms with van der Waals surface area (Å²) in [5.74, 6) is -0.650. The first-order chi connectivity index (χ1) is 23.8. The molecule has 4 heterocycles. The molecule has 1 atom stereocenters. The van der Waals surface area contributed by atoms with Crippen LogP contribution in [0.4, 0.5) is 11.4 Å². The van der Waals surface area contributed by atoms with Crippen molar-refractivity contribution in [3.63, 3.8) is 0 Å². The van der Waals surface area contributed by atoms with Crippen LogP contribution in [-0.4, -0.2) is 70.5 Å². The molecule has 12 nitrogen and oxygen atoms in total. The Hall–Kier alpha value is -5.96. The highest BCUT2D eigenvalue weighted by Gasteiger charge is 2.32. The van der Waals surface area contributed by atoms with Gasteiger partial charge in [-0.05, 0) is 87.6 Å².